The molecular formula is C26H34N2O5. The molecule has 7 heteroatoms. The summed E-state index contributed by atoms with van der Waals surface area (Å²) < 4.78 is 12.5. The lowest BCUT2D eigenvalue weighted by Crippen LogP contribution is -2.47. The highest BCUT2D eigenvalue weighted by molar-refractivity contribution is 6.07. The zero-order valence-corrected chi connectivity index (χ0v) is 20.4. The highest BCUT2D eigenvalue weighted by atomic mass is 16.5. The van der Waals surface area contributed by atoms with E-state index in [1.165, 1.54) is 7.11 Å². The van der Waals surface area contributed by atoms with Gasteiger partial charge >= 0.3 is 5.97 Å². The molecule has 2 atom stereocenters. The zero-order valence-electron chi connectivity index (χ0n) is 20.4. The van der Waals surface area contributed by atoms with Crippen molar-refractivity contribution >= 4 is 17.7 Å². The number of Topliss-reactive ketones (excluding diaryl/α,β-unsaturated/α-hetero) is 1. The lowest BCUT2D eigenvalue weighted by molar-refractivity contribution is 0.0410. The minimum atomic E-state index is -0.724. The predicted octanol–water partition coefficient (Wildman–Crippen LogP) is 4.11. The Hall–Kier alpha value is -2.93. The van der Waals surface area contributed by atoms with Crippen molar-refractivity contribution in [3.63, 3.8) is 0 Å². The van der Waals surface area contributed by atoms with Crippen molar-refractivity contribution in [2.24, 2.45) is 0 Å². The van der Waals surface area contributed by atoms with Crippen LogP contribution in [0.5, 0.6) is 0 Å². The topological polar surface area (TPSA) is 77.8 Å². The van der Waals surface area contributed by atoms with Gasteiger partial charge in [-0.1, -0.05) is 17.7 Å². The molecule has 33 heavy (non-hydrogen) atoms. The van der Waals surface area contributed by atoms with Crippen LogP contribution >= 0.6 is 0 Å². The van der Waals surface area contributed by atoms with E-state index in [2.05, 4.69) is 0 Å². The van der Waals surface area contributed by atoms with E-state index in [1.807, 2.05) is 32.9 Å². The minimum absolute atomic E-state index is 0.0947. The fourth-order valence-electron chi connectivity index (χ4n) is 4.65. The number of carbonyl (C=O) groups excluding carboxylic acids is 3. The number of esters is 1. The highest BCUT2D eigenvalue weighted by Gasteiger charge is 2.35. The van der Waals surface area contributed by atoms with Gasteiger partial charge in [0.1, 0.15) is 5.69 Å². The Bertz CT molecular complexity index is 1030. The first-order chi connectivity index (χ1) is 15.7. The third-order valence-electron chi connectivity index (χ3n) is 6.54. The summed E-state index contributed by atoms with van der Waals surface area (Å²) in [5.41, 5.74) is 3.73. The summed E-state index contributed by atoms with van der Waals surface area (Å²) in [7, 11) is 1.33. The van der Waals surface area contributed by atoms with Gasteiger partial charge in [0.2, 0.25) is 0 Å². The smallest absolute Gasteiger partial charge is 0.354 e. The molecule has 2 unspecified atom stereocenters. The molecule has 1 amide bonds. The Morgan fingerprint density at radius 1 is 1.18 bits per heavy atom. The number of benzene rings is 1. The lowest BCUT2D eigenvalue weighted by atomic mass is 9.98. The fraction of sp³-hybridized carbons (Fsp3) is 0.500. The van der Waals surface area contributed by atoms with Crippen molar-refractivity contribution in [3.05, 3.63) is 57.9 Å². The Kier molecular flexibility index (Phi) is 7.74. The van der Waals surface area contributed by atoms with Crippen LogP contribution < -0.4 is 0 Å². The third-order valence-corrected chi connectivity index (χ3v) is 6.54. The average molecular weight is 455 g/mol. The van der Waals surface area contributed by atoms with Crippen molar-refractivity contribution in [1.29, 1.82) is 0 Å². The molecule has 0 saturated carbocycles. The van der Waals surface area contributed by atoms with Crippen molar-refractivity contribution in [2.75, 3.05) is 20.3 Å². The molecule has 1 aromatic heterocycles. The number of ether oxygens (including phenoxy) is 2. The zero-order chi connectivity index (χ0) is 24.3. The van der Waals surface area contributed by atoms with E-state index in [0.717, 1.165) is 18.4 Å². The van der Waals surface area contributed by atoms with Crippen LogP contribution in [0, 0.1) is 20.8 Å². The van der Waals surface area contributed by atoms with Crippen LogP contribution in [-0.2, 0) is 16.0 Å². The third kappa shape index (κ3) is 4.88. The Labute approximate surface area is 195 Å². The monoisotopic (exact) mass is 454 g/mol. The molecule has 2 heterocycles. The number of hydrogen-bond donors (Lipinski definition) is 0. The number of rotatable bonds is 8. The van der Waals surface area contributed by atoms with Gasteiger partial charge in [0.25, 0.3) is 5.91 Å². The second-order valence-corrected chi connectivity index (χ2v) is 8.67. The molecule has 3 rings (SSSR count). The molecule has 0 N–H and O–H groups in total. The van der Waals surface area contributed by atoms with Crippen LogP contribution in [0.4, 0.5) is 0 Å². The van der Waals surface area contributed by atoms with Gasteiger partial charge in [-0.2, -0.15) is 0 Å². The summed E-state index contributed by atoms with van der Waals surface area (Å²) in [5, 5.41) is 0. The average Bonchev–Trinajstić information content (AvgIpc) is 3.41. The minimum Gasteiger partial charge on any atom is -0.464 e. The van der Waals surface area contributed by atoms with E-state index in [-0.39, 0.29) is 17.8 Å². The maximum Gasteiger partial charge on any atom is 0.354 e. The lowest BCUT2D eigenvalue weighted by Gasteiger charge is -2.31. The van der Waals surface area contributed by atoms with E-state index in [4.69, 9.17) is 9.47 Å². The van der Waals surface area contributed by atoms with Crippen LogP contribution in [0.1, 0.15) is 74.7 Å². The second kappa shape index (κ2) is 10.3. The standard InChI is InChI=1S/C26H34N2O5/c1-7-27-18(4)22(17(3)23(27)26(31)32-6)24(29)19(5)28(15-21-9-8-14-33-21)25(30)20-12-10-16(2)11-13-20/h10-13,19,21H,7-9,14-15H2,1-6H3. The number of nitrogens with zero attached hydrogens (tertiary/aromatic N) is 2. The fourth-order valence-corrected chi connectivity index (χ4v) is 4.65. The maximum absolute atomic E-state index is 13.8. The molecular weight excluding hydrogens is 420 g/mol. The van der Waals surface area contributed by atoms with Gasteiger partial charge in [-0.25, -0.2) is 4.79 Å². The number of amides is 1. The molecule has 1 aliphatic heterocycles. The summed E-state index contributed by atoms with van der Waals surface area (Å²) in [4.78, 5) is 41.3. The van der Waals surface area contributed by atoms with Crippen molar-refractivity contribution < 1.29 is 23.9 Å². The van der Waals surface area contributed by atoms with Gasteiger partial charge in [0.15, 0.2) is 5.78 Å². The molecule has 178 valence electrons. The normalized spacial score (nSPS) is 16.5. The van der Waals surface area contributed by atoms with Gasteiger partial charge in [-0.3, -0.25) is 9.59 Å². The highest BCUT2D eigenvalue weighted by Crippen LogP contribution is 2.27. The largest absolute Gasteiger partial charge is 0.464 e. The van der Waals surface area contributed by atoms with E-state index < -0.39 is 12.0 Å². The second-order valence-electron chi connectivity index (χ2n) is 8.67. The first-order valence-electron chi connectivity index (χ1n) is 11.5. The molecule has 0 bridgehead atoms. The van der Waals surface area contributed by atoms with Crippen LogP contribution in [0.15, 0.2) is 24.3 Å². The van der Waals surface area contributed by atoms with Crippen LogP contribution in [0.25, 0.3) is 0 Å². The van der Waals surface area contributed by atoms with Crippen molar-refractivity contribution in [1.82, 2.24) is 9.47 Å². The number of aryl methyl sites for hydroxylation is 1. The Morgan fingerprint density at radius 3 is 2.39 bits per heavy atom. The van der Waals surface area contributed by atoms with E-state index >= 15 is 0 Å². The van der Waals surface area contributed by atoms with E-state index in [9.17, 15) is 14.4 Å². The molecule has 1 fully saturated rings. The summed E-state index contributed by atoms with van der Waals surface area (Å²) in [6.45, 7) is 10.8. The Morgan fingerprint density at radius 2 is 1.85 bits per heavy atom. The van der Waals surface area contributed by atoms with Crippen LogP contribution in [0.3, 0.4) is 0 Å². The van der Waals surface area contributed by atoms with Crippen LogP contribution in [-0.4, -0.2) is 59.5 Å². The van der Waals surface area contributed by atoms with Gasteiger partial charge in [0.05, 0.1) is 19.3 Å². The summed E-state index contributed by atoms with van der Waals surface area (Å²) >= 11 is 0. The summed E-state index contributed by atoms with van der Waals surface area (Å²) in [6.07, 6.45) is 1.71. The number of ketones is 1. The number of carbonyl (C=O) groups is 3. The molecule has 1 saturated heterocycles. The quantitative estimate of drug-likeness (QED) is 0.443. The molecule has 0 radical (unpaired) electrons. The van der Waals surface area contributed by atoms with Crippen LogP contribution in [0.2, 0.25) is 0 Å². The van der Waals surface area contributed by atoms with Crippen molar-refractivity contribution in [3.8, 4) is 0 Å². The molecule has 0 aliphatic carbocycles. The molecule has 7 nitrogen and oxygen atoms in total. The van der Waals surface area contributed by atoms with Gasteiger partial charge in [-0.15, -0.1) is 0 Å². The summed E-state index contributed by atoms with van der Waals surface area (Å²) in [5.74, 6) is -0.873. The van der Waals surface area contributed by atoms with Crippen molar-refractivity contribution in [2.45, 2.75) is 66.2 Å². The SMILES string of the molecule is CCn1c(C)c(C(=O)C(C)N(CC2CCCO2)C(=O)c2ccc(C)cc2)c(C)c1C(=O)OC. The number of methoxy groups -OCH3 is 1. The van der Waals surface area contributed by atoms with Gasteiger partial charge < -0.3 is 18.9 Å². The first kappa shape index (κ1) is 24.7. The number of hydrogen-bond acceptors (Lipinski definition) is 5. The molecule has 2 aromatic rings. The maximum atomic E-state index is 13.8. The van der Waals surface area contributed by atoms with Gasteiger partial charge in [0, 0.05) is 36.5 Å². The Balaban J connectivity index is 2.00. The first-order valence-corrected chi connectivity index (χ1v) is 11.5. The van der Waals surface area contributed by atoms with E-state index in [0.29, 0.717) is 47.8 Å². The van der Waals surface area contributed by atoms with E-state index in [1.54, 1.807) is 35.4 Å². The number of aromatic nitrogens is 1. The molecule has 0 spiro atoms. The molecule has 1 aliphatic rings. The molecule has 1 aromatic carbocycles. The van der Waals surface area contributed by atoms with Gasteiger partial charge in [-0.05, 0) is 65.2 Å². The summed E-state index contributed by atoms with van der Waals surface area (Å²) in [6, 6.07) is 6.64. The predicted molar refractivity (Wildman–Crippen MR) is 126 cm³/mol.